The van der Waals surface area contributed by atoms with Gasteiger partial charge in [-0.25, -0.2) is 4.98 Å². The van der Waals surface area contributed by atoms with Crippen LogP contribution in [0, 0.1) is 0 Å². The van der Waals surface area contributed by atoms with E-state index in [1.807, 2.05) is 6.07 Å². The summed E-state index contributed by atoms with van der Waals surface area (Å²) in [7, 11) is 0. The fourth-order valence-electron chi connectivity index (χ4n) is 2.07. The summed E-state index contributed by atoms with van der Waals surface area (Å²) >= 11 is 0. The SMILES string of the molecule is CCCCc1cc(N)n2nc(CCCC)cc2n1. The standard InChI is InChI=1S/C14H22N4/c1-3-5-7-11-9-13(15)18-14(16-11)10-12(17-18)8-6-4-2/h9-10H,3-8,15H2,1-2H3. The molecule has 0 unspecified atom stereocenters. The summed E-state index contributed by atoms with van der Waals surface area (Å²) in [6, 6.07) is 4.00. The summed E-state index contributed by atoms with van der Waals surface area (Å²) in [6.45, 7) is 4.37. The lowest BCUT2D eigenvalue weighted by Gasteiger charge is -2.03. The van der Waals surface area contributed by atoms with Gasteiger partial charge < -0.3 is 5.73 Å². The van der Waals surface area contributed by atoms with Crippen LogP contribution in [-0.4, -0.2) is 14.6 Å². The predicted molar refractivity (Wildman–Crippen MR) is 74.6 cm³/mol. The van der Waals surface area contributed by atoms with Gasteiger partial charge in [0.25, 0.3) is 0 Å². The van der Waals surface area contributed by atoms with Crippen molar-refractivity contribution >= 4 is 11.5 Å². The lowest BCUT2D eigenvalue weighted by Crippen LogP contribution is -2.03. The van der Waals surface area contributed by atoms with Crippen LogP contribution in [0.15, 0.2) is 12.1 Å². The fraction of sp³-hybridized carbons (Fsp3) is 0.571. The van der Waals surface area contributed by atoms with Gasteiger partial charge in [-0.1, -0.05) is 26.7 Å². The van der Waals surface area contributed by atoms with Gasteiger partial charge in [0, 0.05) is 17.8 Å². The third-order valence-corrected chi connectivity index (χ3v) is 3.13. The number of aromatic nitrogens is 3. The van der Waals surface area contributed by atoms with Gasteiger partial charge in [-0.2, -0.15) is 9.61 Å². The van der Waals surface area contributed by atoms with Gasteiger partial charge in [0.2, 0.25) is 0 Å². The molecule has 0 aliphatic carbocycles. The molecule has 2 aromatic heterocycles. The molecule has 0 amide bonds. The number of nitrogens with two attached hydrogens (primary N) is 1. The van der Waals surface area contributed by atoms with E-state index in [4.69, 9.17) is 5.73 Å². The molecule has 18 heavy (non-hydrogen) atoms. The van der Waals surface area contributed by atoms with Crippen LogP contribution < -0.4 is 5.73 Å². The van der Waals surface area contributed by atoms with Gasteiger partial charge in [0.15, 0.2) is 5.65 Å². The molecule has 2 aromatic rings. The smallest absolute Gasteiger partial charge is 0.157 e. The molecule has 2 N–H and O–H groups in total. The first kappa shape index (κ1) is 12.9. The minimum atomic E-state index is 0.689. The molecule has 0 aliphatic heterocycles. The number of nitrogens with zero attached hydrogens (tertiary/aromatic N) is 3. The largest absolute Gasteiger partial charge is 0.384 e. The molecule has 0 spiro atoms. The van der Waals surface area contributed by atoms with Gasteiger partial charge in [-0.3, -0.25) is 0 Å². The zero-order valence-corrected chi connectivity index (χ0v) is 11.3. The number of anilines is 1. The maximum atomic E-state index is 6.03. The highest BCUT2D eigenvalue weighted by Crippen LogP contribution is 2.14. The van der Waals surface area contributed by atoms with Crippen molar-refractivity contribution in [2.75, 3.05) is 5.73 Å². The van der Waals surface area contributed by atoms with Crippen LogP contribution >= 0.6 is 0 Å². The van der Waals surface area contributed by atoms with Crippen LogP contribution in [0.4, 0.5) is 5.82 Å². The Morgan fingerprint density at radius 3 is 2.39 bits per heavy atom. The van der Waals surface area contributed by atoms with Crippen molar-refractivity contribution in [2.45, 2.75) is 52.4 Å². The third-order valence-electron chi connectivity index (χ3n) is 3.13. The summed E-state index contributed by atoms with van der Waals surface area (Å²) in [5, 5.41) is 4.50. The van der Waals surface area contributed by atoms with E-state index in [9.17, 15) is 0 Å². The van der Waals surface area contributed by atoms with Crippen molar-refractivity contribution < 1.29 is 0 Å². The maximum Gasteiger partial charge on any atom is 0.157 e. The summed E-state index contributed by atoms with van der Waals surface area (Å²) in [5.41, 5.74) is 9.07. The van der Waals surface area contributed by atoms with Gasteiger partial charge in [0.1, 0.15) is 5.82 Å². The van der Waals surface area contributed by atoms with Gasteiger partial charge in [0.05, 0.1) is 5.69 Å². The Kier molecular flexibility index (Phi) is 4.18. The highest BCUT2D eigenvalue weighted by atomic mass is 15.3. The third kappa shape index (κ3) is 2.81. The predicted octanol–water partition coefficient (Wildman–Crippen LogP) is 3.00. The van der Waals surface area contributed by atoms with Crippen LogP contribution in [0.1, 0.15) is 50.9 Å². The van der Waals surface area contributed by atoms with Crippen molar-refractivity contribution in [3.8, 4) is 0 Å². The number of fused-ring (bicyclic) bond motifs is 1. The second-order valence-corrected chi connectivity index (χ2v) is 4.79. The van der Waals surface area contributed by atoms with E-state index in [1.165, 1.54) is 12.8 Å². The number of hydrogen-bond acceptors (Lipinski definition) is 3. The van der Waals surface area contributed by atoms with E-state index in [0.29, 0.717) is 5.82 Å². The second-order valence-electron chi connectivity index (χ2n) is 4.79. The maximum absolute atomic E-state index is 6.03. The molecule has 0 atom stereocenters. The second kappa shape index (κ2) is 5.85. The Morgan fingerprint density at radius 2 is 1.72 bits per heavy atom. The quantitative estimate of drug-likeness (QED) is 0.852. The molecule has 0 saturated heterocycles. The first-order valence-corrected chi connectivity index (χ1v) is 6.88. The molecular formula is C14H22N4. The highest BCUT2D eigenvalue weighted by molar-refractivity contribution is 5.48. The average molecular weight is 246 g/mol. The molecule has 98 valence electrons. The summed E-state index contributed by atoms with van der Waals surface area (Å²) in [6.07, 6.45) is 6.66. The Labute approximate surface area is 108 Å². The van der Waals surface area contributed by atoms with Crippen LogP contribution in [0.3, 0.4) is 0 Å². The van der Waals surface area contributed by atoms with Crippen LogP contribution in [0.5, 0.6) is 0 Å². The molecule has 0 aliphatic rings. The molecule has 0 saturated carbocycles. The Balaban J connectivity index is 2.27. The van der Waals surface area contributed by atoms with Gasteiger partial charge in [-0.15, -0.1) is 0 Å². The number of rotatable bonds is 6. The number of hydrogen-bond donors (Lipinski definition) is 1. The van der Waals surface area contributed by atoms with E-state index < -0.39 is 0 Å². The average Bonchev–Trinajstić information content (AvgIpc) is 2.77. The van der Waals surface area contributed by atoms with Crippen LogP contribution in [0.25, 0.3) is 5.65 Å². The minimum absolute atomic E-state index is 0.689. The van der Waals surface area contributed by atoms with E-state index in [0.717, 1.165) is 42.7 Å². The van der Waals surface area contributed by atoms with E-state index in [2.05, 4.69) is 30.0 Å². The van der Waals surface area contributed by atoms with Gasteiger partial charge in [-0.05, 0) is 25.7 Å². The molecule has 0 radical (unpaired) electrons. The summed E-state index contributed by atoms with van der Waals surface area (Å²) < 4.78 is 1.75. The van der Waals surface area contributed by atoms with Gasteiger partial charge >= 0.3 is 0 Å². The zero-order valence-electron chi connectivity index (χ0n) is 11.3. The lowest BCUT2D eigenvalue weighted by atomic mass is 10.2. The first-order chi connectivity index (χ1) is 8.74. The normalized spacial score (nSPS) is 11.2. The fourth-order valence-corrected chi connectivity index (χ4v) is 2.07. The lowest BCUT2D eigenvalue weighted by molar-refractivity contribution is 0.757. The first-order valence-electron chi connectivity index (χ1n) is 6.88. The Bertz CT molecular complexity index is 516. The highest BCUT2D eigenvalue weighted by Gasteiger charge is 2.07. The van der Waals surface area contributed by atoms with Crippen molar-refractivity contribution in [3.63, 3.8) is 0 Å². The molecule has 0 bridgehead atoms. The van der Waals surface area contributed by atoms with Crippen molar-refractivity contribution in [3.05, 3.63) is 23.5 Å². The number of aryl methyl sites for hydroxylation is 2. The monoisotopic (exact) mass is 246 g/mol. The zero-order chi connectivity index (χ0) is 13.0. The van der Waals surface area contributed by atoms with Crippen LogP contribution in [0.2, 0.25) is 0 Å². The van der Waals surface area contributed by atoms with E-state index in [1.54, 1.807) is 4.52 Å². The van der Waals surface area contributed by atoms with Crippen molar-refractivity contribution in [1.29, 1.82) is 0 Å². The summed E-state index contributed by atoms with van der Waals surface area (Å²) in [4.78, 5) is 4.62. The van der Waals surface area contributed by atoms with Crippen molar-refractivity contribution in [1.82, 2.24) is 14.6 Å². The molecular weight excluding hydrogens is 224 g/mol. The molecule has 0 aromatic carbocycles. The molecule has 4 nitrogen and oxygen atoms in total. The summed E-state index contributed by atoms with van der Waals surface area (Å²) in [5.74, 6) is 0.689. The molecule has 2 rings (SSSR count). The number of nitrogen functional groups attached to an aromatic ring is 1. The number of unbranched alkanes of at least 4 members (excludes halogenated alkanes) is 2. The Hall–Kier alpha value is -1.58. The molecule has 2 heterocycles. The Morgan fingerprint density at radius 1 is 1.06 bits per heavy atom. The minimum Gasteiger partial charge on any atom is -0.384 e. The molecule has 0 fully saturated rings. The van der Waals surface area contributed by atoms with Crippen LogP contribution in [-0.2, 0) is 12.8 Å². The van der Waals surface area contributed by atoms with E-state index >= 15 is 0 Å². The molecule has 4 heteroatoms. The van der Waals surface area contributed by atoms with E-state index in [-0.39, 0.29) is 0 Å². The topological polar surface area (TPSA) is 56.2 Å². The van der Waals surface area contributed by atoms with Crippen molar-refractivity contribution in [2.24, 2.45) is 0 Å².